The van der Waals surface area contributed by atoms with Crippen LogP contribution in [0.5, 0.6) is 172 Å². The number of fused-ring (bicyclic) bond motifs is 3. The van der Waals surface area contributed by atoms with E-state index < -0.39 is 261 Å². The van der Waals surface area contributed by atoms with Gasteiger partial charge in [0.2, 0.25) is 69.0 Å². The van der Waals surface area contributed by atoms with Crippen LogP contribution in [0.15, 0.2) is 16.5 Å². The number of furan rings is 1. The number of benzene rings is 8. The van der Waals surface area contributed by atoms with Crippen molar-refractivity contribution in [3.63, 3.8) is 0 Å². The Morgan fingerprint density at radius 3 is 1.05 bits per heavy atom. The first-order chi connectivity index (χ1) is 37.7. The third-order valence-electron chi connectivity index (χ3n) is 13.1. The largest absolute Gasteiger partial charge is 0.506 e. The van der Waals surface area contributed by atoms with Gasteiger partial charge >= 0.3 is 0 Å². The van der Waals surface area contributed by atoms with Gasteiger partial charge in [-0.1, -0.05) is 0 Å². The molecule has 30 N–H and O–H groups in total. The Hall–Kier alpha value is -12.6. The van der Waals surface area contributed by atoms with E-state index in [2.05, 4.69) is 0 Å². The molecule has 0 saturated carbocycles. The van der Waals surface area contributed by atoms with Gasteiger partial charge in [0.15, 0.2) is 103 Å². The summed E-state index contributed by atoms with van der Waals surface area (Å²) in [6, 6.07) is 0.471. The van der Waals surface area contributed by atoms with Crippen LogP contribution in [0.4, 0.5) is 17.1 Å². The van der Waals surface area contributed by atoms with Crippen molar-refractivity contribution in [3.8, 4) is 217 Å². The molecule has 32 nitrogen and oxygen atoms in total. The van der Waals surface area contributed by atoms with E-state index in [0.29, 0.717) is 0 Å². The molecule has 1 aromatic heterocycles. The third-order valence-corrected chi connectivity index (χ3v) is 13.1. The molecular weight excluding hydrogens is 1100 g/mol. The maximum atomic E-state index is 12.2. The number of rotatable bonds is 7. The lowest BCUT2D eigenvalue weighted by Crippen LogP contribution is -2.13. The monoisotopic (exact) mass is 1130 g/mol. The first kappa shape index (κ1) is 53.3. The average molecular weight is 1130 g/mol. The van der Waals surface area contributed by atoms with E-state index >= 15 is 0 Å². The summed E-state index contributed by atoms with van der Waals surface area (Å²) in [5.74, 6) is -51.1. The highest BCUT2D eigenvalue weighted by Crippen LogP contribution is 2.70. The second-order valence-corrected chi connectivity index (χ2v) is 17.4. The standard InChI is InChI=1S/C48H34BNO31/c49-15-10-11-17(33(67)42(76)46(80)48(11)81-47(10)45(79)41(75)31(15)65)50(16-5(51)1-4(19(53)32(16)66)8-24(58)37(71)43(77)38(72)25(8)59)18-34(68)27(61)14(28(62)35(18)69)13-22(56)9(12-29(63)39(73)44(78)40(74)30(12)64)7(23(57)26(13)60)3-2-6(52)21(55)36(70)20(3)54/h1-2,51-80H,49H2. The Kier molecular flexibility index (Phi) is 11.3. The number of hydrogen-bond acceptors (Lipinski definition) is 32. The van der Waals surface area contributed by atoms with Crippen molar-refractivity contribution in [2.24, 2.45) is 0 Å². The molecule has 9 aromatic rings. The van der Waals surface area contributed by atoms with Crippen LogP contribution in [-0.4, -0.2) is 161 Å². The Bertz CT molecular complexity index is 4290. The van der Waals surface area contributed by atoms with Crippen LogP contribution < -0.4 is 10.4 Å². The zero-order chi connectivity index (χ0) is 60.3. The van der Waals surface area contributed by atoms with Crippen molar-refractivity contribution in [1.29, 1.82) is 0 Å². The zero-order valence-corrected chi connectivity index (χ0v) is 39.4. The van der Waals surface area contributed by atoms with Gasteiger partial charge in [-0.15, -0.1) is 0 Å². The second kappa shape index (κ2) is 17.2. The van der Waals surface area contributed by atoms with Crippen LogP contribution in [-0.2, 0) is 0 Å². The van der Waals surface area contributed by atoms with Gasteiger partial charge < -0.3 is 158 Å². The number of phenols is 30. The number of aromatic hydroxyl groups is 30. The minimum atomic E-state index is -2.08. The highest BCUT2D eigenvalue weighted by atomic mass is 16.4. The van der Waals surface area contributed by atoms with Gasteiger partial charge in [-0.25, -0.2) is 0 Å². The van der Waals surface area contributed by atoms with E-state index in [4.69, 9.17) is 4.42 Å². The minimum absolute atomic E-state index is 0.171. The van der Waals surface area contributed by atoms with Crippen molar-refractivity contribution in [3.05, 3.63) is 12.1 Å². The quantitative estimate of drug-likeness (QED) is 0.0619. The van der Waals surface area contributed by atoms with E-state index in [-0.39, 0.29) is 17.0 Å². The molecule has 0 saturated heterocycles. The van der Waals surface area contributed by atoms with Crippen LogP contribution in [0.2, 0.25) is 0 Å². The summed E-state index contributed by atoms with van der Waals surface area (Å²) < 4.78 is 5.52. The molecule has 0 aliphatic heterocycles. The summed E-state index contributed by atoms with van der Waals surface area (Å²) >= 11 is 0. The van der Waals surface area contributed by atoms with Crippen LogP contribution in [0, 0.1) is 0 Å². The molecule has 8 aromatic carbocycles. The molecule has 0 amide bonds. The van der Waals surface area contributed by atoms with E-state index in [1.807, 2.05) is 0 Å². The summed E-state index contributed by atoms with van der Waals surface area (Å²) in [5.41, 5.74) is -19.6. The molecule has 33 heteroatoms. The van der Waals surface area contributed by atoms with Crippen molar-refractivity contribution < 1.29 is 158 Å². The molecule has 0 bridgehead atoms. The van der Waals surface area contributed by atoms with Gasteiger partial charge in [-0.3, -0.25) is 4.90 Å². The lowest BCUT2D eigenvalue weighted by molar-refractivity contribution is 0.329. The maximum absolute atomic E-state index is 12.2. The summed E-state index contributed by atoms with van der Waals surface area (Å²) in [5, 5.41) is 332. The van der Waals surface area contributed by atoms with E-state index in [1.54, 1.807) is 0 Å². The third kappa shape index (κ3) is 6.71. The molecule has 9 rings (SSSR count). The first-order valence-corrected chi connectivity index (χ1v) is 21.7. The predicted octanol–water partition coefficient (Wildman–Crippen LogP) is 3.15. The Labute approximate surface area is 443 Å². The molecule has 0 unspecified atom stereocenters. The number of nitrogens with zero attached hydrogens (tertiary/aromatic N) is 1. The van der Waals surface area contributed by atoms with Gasteiger partial charge in [0, 0.05) is 27.6 Å². The van der Waals surface area contributed by atoms with Gasteiger partial charge in [-0.05, 0) is 17.6 Å². The van der Waals surface area contributed by atoms with Gasteiger partial charge in [0.25, 0.3) is 0 Å². The van der Waals surface area contributed by atoms with Crippen LogP contribution >= 0.6 is 0 Å². The SMILES string of the molecule is Bc1c(O)c(O)c(O)c2oc3c(O)c(O)c(O)c(N(c4c(O)cc(-c5c(O)c(O)c(O)c(O)c5O)c(O)c4O)c4c(O)c(O)c(-c5c(O)c(O)c(-c6cc(O)c(O)c(O)c6O)c(-c6c(O)c(O)c(O)c(O)c6O)c5O)c(O)c4O)c3c12. The molecule has 0 atom stereocenters. The van der Waals surface area contributed by atoms with Crippen molar-refractivity contribution in [2.75, 3.05) is 4.90 Å². The molecule has 0 spiro atoms. The summed E-state index contributed by atoms with van der Waals surface area (Å²) in [7, 11) is 0.960. The highest BCUT2D eigenvalue weighted by molar-refractivity contribution is 6.45. The molecule has 0 radical (unpaired) electrons. The number of phenolic OH excluding ortho intramolecular Hbond substituents is 30. The smallest absolute Gasteiger partial charge is 0.208 e. The molecule has 420 valence electrons. The Morgan fingerprint density at radius 1 is 0.235 bits per heavy atom. The fraction of sp³-hybridized carbons (Fsp3) is 0. The minimum Gasteiger partial charge on any atom is -0.506 e. The first-order valence-electron chi connectivity index (χ1n) is 21.7. The fourth-order valence-corrected chi connectivity index (χ4v) is 9.19. The van der Waals surface area contributed by atoms with Gasteiger partial charge in [-0.2, -0.15) is 0 Å². The molecule has 1 heterocycles. The van der Waals surface area contributed by atoms with Crippen molar-refractivity contribution >= 4 is 52.3 Å². The lowest BCUT2D eigenvalue weighted by Gasteiger charge is -2.31. The summed E-state index contributed by atoms with van der Waals surface area (Å²) in [6.07, 6.45) is 0. The lowest BCUT2D eigenvalue weighted by atomic mass is 9.85. The normalized spacial score (nSPS) is 11.5. The van der Waals surface area contributed by atoms with Crippen LogP contribution in [0.3, 0.4) is 0 Å². The molecule has 81 heavy (non-hydrogen) atoms. The van der Waals surface area contributed by atoms with Gasteiger partial charge in [0.05, 0.1) is 27.6 Å². The van der Waals surface area contributed by atoms with E-state index in [0.717, 1.165) is 7.85 Å². The maximum Gasteiger partial charge on any atom is 0.208 e. The molecule has 0 aliphatic rings. The van der Waals surface area contributed by atoms with Crippen LogP contribution in [0.25, 0.3) is 66.4 Å². The molecular formula is C48H34BNO31. The van der Waals surface area contributed by atoms with E-state index in [9.17, 15) is 153 Å². The van der Waals surface area contributed by atoms with E-state index in [1.165, 1.54) is 0 Å². The predicted molar refractivity (Wildman–Crippen MR) is 268 cm³/mol. The van der Waals surface area contributed by atoms with Crippen LogP contribution in [0.1, 0.15) is 0 Å². The topological polar surface area (TPSA) is 623 Å². The summed E-state index contributed by atoms with van der Waals surface area (Å²) in [4.78, 5) is -0.171. The van der Waals surface area contributed by atoms with Crippen molar-refractivity contribution in [2.45, 2.75) is 0 Å². The molecule has 0 aliphatic carbocycles. The number of hydrogen-bond donors (Lipinski definition) is 30. The van der Waals surface area contributed by atoms with Gasteiger partial charge in [0.1, 0.15) is 36.4 Å². The zero-order valence-electron chi connectivity index (χ0n) is 39.4. The average Bonchev–Trinajstić information content (AvgIpc) is 2.30. The molecule has 0 fully saturated rings. The fourth-order valence-electron chi connectivity index (χ4n) is 9.19. The Balaban J connectivity index is 1.48. The Morgan fingerprint density at radius 2 is 0.543 bits per heavy atom. The summed E-state index contributed by atoms with van der Waals surface area (Å²) in [6.45, 7) is 0. The second-order valence-electron chi connectivity index (χ2n) is 17.4. The van der Waals surface area contributed by atoms with Crippen molar-refractivity contribution in [1.82, 2.24) is 0 Å². The number of anilines is 3. The highest BCUT2D eigenvalue weighted by Gasteiger charge is 2.43.